The van der Waals surface area contributed by atoms with Gasteiger partial charge in [0.1, 0.15) is 12.1 Å². The van der Waals surface area contributed by atoms with Crippen molar-refractivity contribution in [2.45, 2.75) is 0 Å². The topological polar surface area (TPSA) is 55.6 Å². The van der Waals surface area contributed by atoms with E-state index in [1.807, 2.05) is 48.0 Å². The Morgan fingerprint density at radius 3 is 2.87 bits per heavy atom. The van der Waals surface area contributed by atoms with Crippen molar-refractivity contribution < 1.29 is 0 Å². The van der Waals surface area contributed by atoms with E-state index in [0.29, 0.717) is 0 Å². The highest BCUT2D eigenvalue weighted by Gasteiger charge is 2.08. The smallest absolute Gasteiger partial charge is 0.141 e. The minimum absolute atomic E-state index is 0.743. The summed E-state index contributed by atoms with van der Waals surface area (Å²) in [5.41, 5.74) is 4.52. The standard InChI is InChI=1S/C18H13N5/c1-3-12-5-4-6-13(7-12)22-18-14-8-17-16(21-11-23(17)2)9-15(14)19-10-20-18/h1,4-11H,2H3,(H,19,20,22). The maximum absolute atomic E-state index is 5.46. The maximum atomic E-state index is 5.46. The molecule has 5 nitrogen and oxygen atoms in total. The normalized spacial score (nSPS) is 10.8. The van der Waals surface area contributed by atoms with Crippen molar-refractivity contribution in [1.29, 1.82) is 0 Å². The Bertz CT molecular complexity index is 1070. The highest BCUT2D eigenvalue weighted by Crippen LogP contribution is 2.27. The van der Waals surface area contributed by atoms with Crippen molar-refractivity contribution in [2.75, 3.05) is 5.32 Å². The Morgan fingerprint density at radius 2 is 2.00 bits per heavy atom. The van der Waals surface area contributed by atoms with Gasteiger partial charge < -0.3 is 9.88 Å². The van der Waals surface area contributed by atoms with E-state index in [4.69, 9.17) is 6.42 Å². The van der Waals surface area contributed by atoms with E-state index in [2.05, 4.69) is 26.2 Å². The second-order valence-electron chi connectivity index (χ2n) is 5.29. The fraction of sp³-hybridized carbons (Fsp3) is 0.0556. The number of aryl methyl sites for hydroxylation is 1. The number of benzene rings is 2. The van der Waals surface area contributed by atoms with Gasteiger partial charge in [-0.05, 0) is 30.3 Å². The molecule has 0 aliphatic rings. The molecule has 0 amide bonds. The Kier molecular flexibility index (Phi) is 2.95. The van der Waals surface area contributed by atoms with Crippen LogP contribution in [0, 0.1) is 12.3 Å². The van der Waals surface area contributed by atoms with Crippen LogP contribution in [0.3, 0.4) is 0 Å². The molecular weight excluding hydrogens is 286 g/mol. The molecule has 0 radical (unpaired) electrons. The molecule has 0 atom stereocenters. The van der Waals surface area contributed by atoms with Crippen LogP contribution < -0.4 is 5.32 Å². The second kappa shape index (κ2) is 5.11. The molecule has 4 rings (SSSR count). The van der Waals surface area contributed by atoms with Crippen molar-refractivity contribution in [3.05, 3.63) is 54.6 Å². The third-order valence-corrected chi connectivity index (χ3v) is 3.77. The molecule has 5 heteroatoms. The summed E-state index contributed by atoms with van der Waals surface area (Å²) >= 11 is 0. The van der Waals surface area contributed by atoms with Gasteiger partial charge >= 0.3 is 0 Å². The molecule has 0 aliphatic carbocycles. The van der Waals surface area contributed by atoms with Crippen LogP contribution in [-0.2, 0) is 7.05 Å². The molecule has 0 aliphatic heterocycles. The van der Waals surface area contributed by atoms with Crippen LogP contribution in [-0.4, -0.2) is 19.5 Å². The zero-order valence-electron chi connectivity index (χ0n) is 12.5. The molecule has 110 valence electrons. The Hall–Kier alpha value is -3.39. The summed E-state index contributed by atoms with van der Waals surface area (Å²) in [6.45, 7) is 0. The van der Waals surface area contributed by atoms with E-state index in [0.717, 1.165) is 39.0 Å². The number of hydrogen-bond donors (Lipinski definition) is 1. The fourth-order valence-electron chi connectivity index (χ4n) is 2.60. The third kappa shape index (κ3) is 2.27. The van der Waals surface area contributed by atoms with Gasteiger partial charge in [-0.3, -0.25) is 0 Å². The summed E-state index contributed by atoms with van der Waals surface area (Å²) in [6, 6.07) is 11.7. The molecule has 4 aromatic rings. The van der Waals surface area contributed by atoms with E-state index in [9.17, 15) is 0 Å². The summed E-state index contributed by atoms with van der Waals surface area (Å²) in [7, 11) is 1.97. The fourth-order valence-corrected chi connectivity index (χ4v) is 2.60. The van der Waals surface area contributed by atoms with Crippen molar-refractivity contribution >= 4 is 33.4 Å². The number of nitrogens with zero attached hydrogens (tertiary/aromatic N) is 4. The first-order valence-corrected chi connectivity index (χ1v) is 7.14. The quantitative estimate of drug-likeness (QED) is 0.577. The minimum Gasteiger partial charge on any atom is -0.340 e. The van der Waals surface area contributed by atoms with Gasteiger partial charge in [-0.15, -0.1) is 6.42 Å². The summed E-state index contributed by atoms with van der Waals surface area (Å²) in [5, 5.41) is 4.26. The number of fused-ring (bicyclic) bond motifs is 2. The van der Waals surface area contributed by atoms with Gasteiger partial charge in [0, 0.05) is 23.7 Å². The van der Waals surface area contributed by atoms with Crippen molar-refractivity contribution in [2.24, 2.45) is 7.05 Å². The lowest BCUT2D eigenvalue weighted by atomic mass is 10.2. The second-order valence-corrected chi connectivity index (χ2v) is 5.29. The van der Waals surface area contributed by atoms with Crippen molar-refractivity contribution in [3.63, 3.8) is 0 Å². The van der Waals surface area contributed by atoms with Crippen LogP contribution in [0.4, 0.5) is 11.5 Å². The van der Waals surface area contributed by atoms with Gasteiger partial charge in [-0.25, -0.2) is 15.0 Å². The highest BCUT2D eigenvalue weighted by molar-refractivity contribution is 5.99. The molecule has 2 aromatic carbocycles. The SMILES string of the molecule is C#Cc1cccc(Nc2ncnc3cc4ncn(C)c4cc23)c1. The number of aromatic nitrogens is 4. The number of terminal acetylenes is 1. The number of nitrogens with one attached hydrogen (secondary N) is 1. The van der Waals surface area contributed by atoms with Crippen molar-refractivity contribution in [3.8, 4) is 12.3 Å². The average Bonchev–Trinajstić information content (AvgIpc) is 2.94. The van der Waals surface area contributed by atoms with Gasteiger partial charge in [0.2, 0.25) is 0 Å². The molecule has 0 spiro atoms. The van der Waals surface area contributed by atoms with Gasteiger partial charge in [0.25, 0.3) is 0 Å². The summed E-state index contributed by atoms with van der Waals surface area (Å²) in [4.78, 5) is 13.1. The Labute approximate surface area is 133 Å². The van der Waals surface area contributed by atoms with Crippen molar-refractivity contribution in [1.82, 2.24) is 19.5 Å². The van der Waals surface area contributed by atoms with E-state index < -0.39 is 0 Å². The Morgan fingerprint density at radius 1 is 1.09 bits per heavy atom. The highest BCUT2D eigenvalue weighted by atomic mass is 15.0. The molecule has 2 heterocycles. The third-order valence-electron chi connectivity index (χ3n) is 3.77. The number of hydrogen-bond acceptors (Lipinski definition) is 4. The molecule has 0 bridgehead atoms. The first-order valence-electron chi connectivity index (χ1n) is 7.14. The van der Waals surface area contributed by atoms with Crippen LogP contribution in [0.15, 0.2) is 49.1 Å². The van der Waals surface area contributed by atoms with Crippen LogP contribution in [0.2, 0.25) is 0 Å². The number of rotatable bonds is 2. The monoisotopic (exact) mass is 299 g/mol. The zero-order valence-corrected chi connectivity index (χ0v) is 12.5. The molecule has 23 heavy (non-hydrogen) atoms. The van der Waals surface area contributed by atoms with Gasteiger partial charge in [0.15, 0.2) is 0 Å². The van der Waals surface area contributed by atoms with E-state index in [-0.39, 0.29) is 0 Å². The van der Waals surface area contributed by atoms with Crippen LogP contribution >= 0.6 is 0 Å². The molecule has 0 saturated heterocycles. The summed E-state index contributed by atoms with van der Waals surface area (Å²) < 4.78 is 1.98. The summed E-state index contributed by atoms with van der Waals surface area (Å²) in [5.74, 6) is 3.38. The lowest BCUT2D eigenvalue weighted by Gasteiger charge is -2.09. The van der Waals surface area contributed by atoms with E-state index >= 15 is 0 Å². The van der Waals surface area contributed by atoms with Crippen LogP contribution in [0.5, 0.6) is 0 Å². The summed E-state index contributed by atoms with van der Waals surface area (Å²) in [6.07, 6.45) is 8.79. The largest absolute Gasteiger partial charge is 0.340 e. The molecular formula is C18H13N5. The molecule has 0 fully saturated rings. The minimum atomic E-state index is 0.743. The lowest BCUT2D eigenvalue weighted by molar-refractivity contribution is 0.948. The number of anilines is 2. The number of imidazole rings is 1. The van der Waals surface area contributed by atoms with Crippen LogP contribution in [0.1, 0.15) is 5.56 Å². The molecule has 0 unspecified atom stereocenters. The van der Waals surface area contributed by atoms with Crippen LogP contribution in [0.25, 0.3) is 21.9 Å². The lowest BCUT2D eigenvalue weighted by Crippen LogP contribution is -1.97. The van der Waals surface area contributed by atoms with E-state index in [1.165, 1.54) is 0 Å². The molecule has 0 saturated carbocycles. The molecule has 2 aromatic heterocycles. The predicted octanol–water partition coefficient (Wildman–Crippen LogP) is 3.24. The zero-order chi connectivity index (χ0) is 15.8. The van der Waals surface area contributed by atoms with Gasteiger partial charge in [-0.1, -0.05) is 12.0 Å². The average molecular weight is 299 g/mol. The van der Waals surface area contributed by atoms with E-state index in [1.54, 1.807) is 12.7 Å². The first kappa shape index (κ1) is 13.3. The Balaban J connectivity index is 1.87. The predicted molar refractivity (Wildman–Crippen MR) is 91.5 cm³/mol. The van der Waals surface area contributed by atoms with Gasteiger partial charge in [0.05, 0.1) is 22.9 Å². The molecule has 1 N–H and O–H groups in total. The first-order chi connectivity index (χ1) is 11.2. The maximum Gasteiger partial charge on any atom is 0.141 e. The van der Waals surface area contributed by atoms with Gasteiger partial charge in [-0.2, -0.15) is 0 Å².